The highest BCUT2D eigenvalue weighted by Gasteiger charge is 2.17. The number of benzene rings is 1. The summed E-state index contributed by atoms with van der Waals surface area (Å²) in [5, 5.41) is 0. The molecule has 0 aliphatic rings. The Kier molecular flexibility index (Phi) is 3.65. The molecule has 18 heavy (non-hydrogen) atoms. The van der Waals surface area contributed by atoms with Gasteiger partial charge < -0.3 is 9.30 Å². The highest BCUT2D eigenvalue weighted by atomic mass is 16.5. The summed E-state index contributed by atoms with van der Waals surface area (Å²) < 4.78 is 6.88. The lowest BCUT2D eigenvalue weighted by atomic mass is 10.2. The molecule has 2 aromatic rings. The molecule has 4 nitrogen and oxygen atoms in total. The van der Waals surface area contributed by atoms with Gasteiger partial charge in [-0.3, -0.25) is 4.79 Å². The zero-order valence-corrected chi connectivity index (χ0v) is 11.0. The van der Waals surface area contributed by atoms with Crippen molar-refractivity contribution in [3.8, 4) is 0 Å². The van der Waals surface area contributed by atoms with Crippen LogP contribution in [-0.4, -0.2) is 22.6 Å². The minimum atomic E-state index is -0.185. The molecule has 0 amide bonds. The molecule has 4 heteroatoms. The van der Waals surface area contributed by atoms with Gasteiger partial charge in [-0.1, -0.05) is 26.0 Å². The Bertz CT molecular complexity index is 560. The molecule has 1 heterocycles. The average molecular weight is 246 g/mol. The number of para-hydroxylation sites is 2. The number of rotatable bonds is 4. The molecule has 1 aromatic carbocycles. The third kappa shape index (κ3) is 2.23. The molecule has 0 fully saturated rings. The van der Waals surface area contributed by atoms with Gasteiger partial charge in [-0.05, 0) is 12.1 Å². The van der Waals surface area contributed by atoms with Gasteiger partial charge in [0.25, 0.3) is 0 Å². The number of hydrogen-bond acceptors (Lipinski definition) is 3. The zero-order chi connectivity index (χ0) is 13.1. The van der Waals surface area contributed by atoms with Crippen LogP contribution < -0.4 is 0 Å². The number of aryl methyl sites for hydroxylation is 1. The maximum Gasteiger partial charge on any atom is 0.310 e. The minimum absolute atomic E-state index is 0.169. The van der Waals surface area contributed by atoms with Crippen molar-refractivity contribution in [1.82, 2.24) is 9.55 Å². The fraction of sp³-hybridized carbons (Fsp3) is 0.429. The van der Waals surface area contributed by atoms with Crippen LogP contribution in [0.5, 0.6) is 0 Å². The molecule has 0 saturated heterocycles. The summed E-state index contributed by atoms with van der Waals surface area (Å²) in [5.74, 6) is 0.652. The number of fused-ring (bicyclic) bond motifs is 1. The second kappa shape index (κ2) is 5.21. The van der Waals surface area contributed by atoms with Crippen molar-refractivity contribution in [2.24, 2.45) is 5.92 Å². The zero-order valence-electron chi connectivity index (χ0n) is 11.0. The highest BCUT2D eigenvalue weighted by molar-refractivity contribution is 5.76. The number of esters is 1. The Balaban J connectivity index is 2.39. The van der Waals surface area contributed by atoms with Crippen molar-refractivity contribution in [3.05, 3.63) is 30.1 Å². The van der Waals surface area contributed by atoms with E-state index in [9.17, 15) is 4.79 Å². The molecule has 1 unspecified atom stereocenters. The molecule has 0 aliphatic heterocycles. The number of carbonyl (C=O) groups excluding carboxylic acids is 1. The Morgan fingerprint density at radius 1 is 1.44 bits per heavy atom. The van der Waals surface area contributed by atoms with E-state index in [2.05, 4.69) is 16.5 Å². The fourth-order valence-corrected chi connectivity index (χ4v) is 2.15. The van der Waals surface area contributed by atoms with Crippen LogP contribution in [0.2, 0.25) is 0 Å². The van der Waals surface area contributed by atoms with Crippen LogP contribution in [0, 0.1) is 5.92 Å². The Labute approximate surface area is 107 Å². The SMILES string of the molecule is CCc1nc2ccccc2n1CC(C)C(=O)OC. The molecule has 0 spiro atoms. The molecule has 0 radical (unpaired) electrons. The number of hydrogen-bond donors (Lipinski definition) is 0. The van der Waals surface area contributed by atoms with Gasteiger partial charge in [-0.2, -0.15) is 0 Å². The predicted molar refractivity (Wildman–Crippen MR) is 70.3 cm³/mol. The van der Waals surface area contributed by atoms with Crippen LogP contribution in [-0.2, 0) is 22.5 Å². The van der Waals surface area contributed by atoms with E-state index >= 15 is 0 Å². The number of nitrogens with zero attached hydrogens (tertiary/aromatic N) is 2. The Hall–Kier alpha value is -1.84. The maximum atomic E-state index is 11.5. The van der Waals surface area contributed by atoms with E-state index in [1.165, 1.54) is 7.11 Å². The topological polar surface area (TPSA) is 44.1 Å². The number of carbonyl (C=O) groups is 1. The Morgan fingerprint density at radius 3 is 2.83 bits per heavy atom. The molecule has 0 saturated carbocycles. The first-order valence-corrected chi connectivity index (χ1v) is 6.19. The lowest BCUT2D eigenvalue weighted by Gasteiger charge is -2.13. The molecule has 0 bridgehead atoms. The van der Waals surface area contributed by atoms with Gasteiger partial charge in [0.15, 0.2) is 0 Å². The van der Waals surface area contributed by atoms with Gasteiger partial charge in [0.1, 0.15) is 5.82 Å². The van der Waals surface area contributed by atoms with E-state index in [1.807, 2.05) is 31.2 Å². The number of ether oxygens (including phenoxy) is 1. The van der Waals surface area contributed by atoms with Gasteiger partial charge in [0.2, 0.25) is 0 Å². The van der Waals surface area contributed by atoms with Gasteiger partial charge in [0.05, 0.1) is 24.1 Å². The first-order chi connectivity index (χ1) is 8.67. The third-order valence-corrected chi connectivity index (χ3v) is 3.11. The number of imidazole rings is 1. The first-order valence-electron chi connectivity index (χ1n) is 6.19. The fourth-order valence-electron chi connectivity index (χ4n) is 2.15. The van der Waals surface area contributed by atoms with Crippen molar-refractivity contribution >= 4 is 17.0 Å². The summed E-state index contributed by atoms with van der Waals surface area (Å²) in [4.78, 5) is 16.1. The summed E-state index contributed by atoms with van der Waals surface area (Å²) in [6.07, 6.45) is 0.850. The molecule has 96 valence electrons. The second-order valence-corrected chi connectivity index (χ2v) is 4.41. The van der Waals surface area contributed by atoms with Crippen molar-refractivity contribution < 1.29 is 9.53 Å². The maximum absolute atomic E-state index is 11.5. The molecule has 0 aliphatic carbocycles. The van der Waals surface area contributed by atoms with Crippen molar-refractivity contribution in [2.45, 2.75) is 26.8 Å². The van der Waals surface area contributed by atoms with E-state index < -0.39 is 0 Å². The number of aromatic nitrogens is 2. The van der Waals surface area contributed by atoms with Crippen molar-refractivity contribution in [1.29, 1.82) is 0 Å². The second-order valence-electron chi connectivity index (χ2n) is 4.41. The van der Waals surface area contributed by atoms with Crippen LogP contribution in [0.1, 0.15) is 19.7 Å². The summed E-state index contributed by atoms with van der Waals surface area (Å²) in [5.41, 5.74) is 2.05. The Morgan fingerprint density at radius 2 is 2.17 bits per heavy atom. The molecule has 0 N–H and O–H groups in total. The van der Waals surface area contributed by atoms with Crippen LogP contribution in [0.15, 0.2) is 24.3 Å². The lowest BCUT2D eigenvalue weighted by molar-refractivity contribution is -0.145. The van der Waals surface area contributed by atoms with Gasteiger partial charge in [0, 0.05) is 13.0 Å². The molecular formula is C14H18N2O2. The predicted octanol–water partition coefficient (Wildman–Crippen LogP) is 2.41. The number of methoxy groups -OCH3 is 1. The van der Waals surface area contributed by atoms with Crippen LogP contribution in [0.3, 0.4) is 0 Å². The quantitative estimate of drug-likeness (QED) is 0.778. The van der Waals surface area contributed by atoms with Crippen LogP contribution in [0.4, 0.5) is 0 Å². The van der Waals surface area contributed by atoms with Crippen LogP contribution >= 0.6 is 0 Å². The van der Waals surface area contributed by atoms with Crippen molar-refractivity contribution in [2.75, 3.05) is 7.11 Å². The van der Waals surface area contributed by atoms with E-state index in [0.717, 1.165) is 23.3 Å². The van der Waals surface area contributed by atoms with Gasteiger partial charge in [-0.25, -0.2) is 4.98 Å². The van der Waals surface area contributed by atoms with Gasteiger partial charge in [-0.15, -0.1) is 0 Å². The molecule has 1 atom stereocenters. The average Bonchev–Trinajstić information content (AvgIpc) is 2.76. The third-order valence-electron chi connectivity index (χ3n) is 3.11. The lowest BCUT2D eigenvalue weighted by Crippen LogP contribution is -2.19. The van der Waals surface area contributed by atoms with Gasteiger partial charge >= 0.3 is 5.97 Å². The summed E-state index contributed by atoms with van der Waals surface area (Å²) in [7, 11) is 1.42. The van der Waals surface area contributed by atoms with E-state index in [4.69, 9.17) is 4.74 Å². The summed E-state index contributed by atoms with van der Waals surface area (Å²) in [6.45, 7) is 4.55. The summed E-state index contributed by atoms with van der Waals surface area (Å²) >= 11 is 0. The monoisotopic (exact) mass is 246 g/mol. The largest absolute Gasteiger partial charge is 0.469 e. The van der Waals surface area contributed by atoms with E-state index in [1.54, 1.807) is 0 Å². The summed E-state index contributed by atoms with van der Waals surface area (Å²) in [6, 6.07) is 7.99. The van der Waals surface area contributed by atoms with E-state index in [-0.39, 0.29) is 11.9 Å². The van der Waals surface area contributed by atoms with Crippen LogP contribution in [0.25, 0.3) is 11.0 Å². The smallest absolute Gasteiger partial charge is 0.310 e. The first kappa shape index (κ1) is 12.6. The molecular weight excluding hydrogens is 228 g/mol. The van der Waals surface area contributed by atoms with Crippen molar-refractivity contribution in [3.63, 3.8) is 0 Å². The molecule has 2 rings (SSSR count). The highest BCUT2D eigenvalue weighted by Crippen LogP contribution is 2.18. The molecule has 1 aromatic heterocycles. The minimum Gasteiger partial charge on any atom is -0.469 e. The van der Waals surface area contributed by atoms with E-state index in [0.29, 0.717) is 6.54 Å². The standard InChI is InChI=1S/C14H18N2O2/c1-4-13-15-11-7-5-6-8-12(11)16(13)9-10(2)14(17)18-3/h5-8,10H,4,9H2,1-3H3. The normalized spacial score (nSPS) is 12.6.